The number of rotatable bonds is 10. The van der Waals surface area contributed by atoms with E-state index in [-0.39, 0.29) is 11.6 Å². The average Bonchev–Trinajstić information content (AvgIpc) is 3.50. The summed E-state index contributed by atoms with van der Waals surface area (Å²) in [6, 6.07) is 25.6. The maximum atomic E-state index is 13.5. The molecule has 5 rings (SSSR count). The highest BCUT2D eigenvalue weighted by Gasteiger charge is 2.19. The van der Waals surface area contributed by atoms with Crippen molar-refractivity contribution in [1.29, 1.82) is 0 Å². The maximum Gasteiger partial charge on any atom is 0.272 e. The van der Waals surface area contributed by atoms with Crippen molar-refractivity contribution in [2.75, 3.05) is 10.6 Å². The number of thiazole rings is 1. The Kier molecular flexibility index (Phi) is 11.6. The van der Waals surface area contributed by atoms with Gasteiger partial charge >= 0.3 is 0 Å². The van der Waals surface area contributed by atoms with Crippen LogP contribution in [-0.2, 0) is 9.59 Å². The first-order valence-corrected chi connectivity index (χ1v) is 17.2. The number of hydrogen-bond donors (Lipinski definition) is 3. The van der Waals surface area contributed by atoms with Crippen LogP contribution in [-0.4, -0.2) is 28.0 Å². The molecule has 7 nitrogen and oxygen atoms in total. The van der Waals surface area contributed by atoms with Crippen LogP contribution < -0.4 is 16.0 Å². The summed E-state index contributed by atoms with van der Waals surface area (Å²) in [4.78, 5) is 44.8. The topological polar surface area (TPSA) is 100 Å². The van der Waals surface area contributed by atoms with Crippen LogP contribution in [0, 0.1) is 0 Å². The minimum atomic E-state index is -0.599. The number of anilines is 2. The molecule has 0 bridgehead atoms. The minimum Gasteiger partial charge on any atom is -0.321 e. The van der Waals surface area contributed by atoms with Crippen LogP contribution >= 0.6 is 69.5 Å². The fraction of sp³-hybridized carbons (Fsp3) is 0.0588. The Hall–Kier alpha value is -3.83. The molecule has 238 valence electrons. The predicted molar refractivity (Wildman–Crippen MR) is 195 cm³/mol. The van der Waals surface area contributed by atoms with Gasteiger partial charge < -0.3 is 16.0 Å². The largest absolute Gasteiger partial charge is 0.321 e. The number of hydrogen-bond acceptors (Lipinski definition) is 6. The summed E-state index contributed by atoms with van der Waals surface area (Å²) in [7, 11) is 0. The molecule has 0 saturated carbocycles. The normalized spacial score (nSPS) is 11.9. The molecule has 3 N–H and O–H groups in total. The molecule has 47 heavy (non-hydrogen) atoms. The molecule has 4 aromatic carbocycles. The van der Waals surface area contributed by atoms with Crippen molar-refractivity contribution >= 4 is 104 Å². The number of aromatic nitrogens is 1. The predicted octanol–water partition coefficient (Wildman–Crippen LogP) is 9.95. The van der Waals surface area contributed by atoms with E-state index in [0.29, 0.717) is 53.3 Å². The molecule has 1 heterocycles. The van der Waals surface area contributed by atoms with E-state index < -0.39 is 17.1 Å². The van der Waals surface area contributed by atoms with Crippen LogP contribution in [0.3, 0.4) is 0 Å². The van der Waals surface area contributed by atoms with E-state index in [1.165, 1.54) is 29.2 Å². The summed E-state index contributed by atoms with van der Waals surface area (Å²) < 4.78 is 0. The zero-order valence-corrected chi connectivity index (χ0v) is 29.0. The molecule has 0 fully saturated rings. The standard InChI is InChI=1S/C34H24Cl4N4O3S2/c1-19(31(43)42-34-41-30(18-46-34)24-14-13-21(35)15-28(24)38)47-23-10-5-9-22(16-23)39-33(45)29(17-25-26(36)11-6-12-27(25)37)40-32(44)20-7-3-2-4-8-20/h2-19H,1H3,(H,39,45)(H,40,44)(H,41,42,43)/b29-17+. The van der Waals surface area contributed by atoms with Crippen LogP contribution in [0.5, 0.6) is 0 Å². The number of nitrogens with one attached hydrogen (secondary N) is 3. The van der Waals surface area contributed by atoms with Gasteiger partial charge in [0.25, 0.3) is 11.8 Å². The first kappa shape index (κ1) is 34.5. The van der Waals surface area contributed by atoms with Gasteiger partial charge in [-0.25, -0.2) is 4.98 Å². The van der Waals surface area contributed by atoms with Gasteiger partial charge in [-0.2, -0.15) is 0 Å². The monoisotopic (exact) mass is 740 g/mol. The molecule has 0 aliphatic rings. The summed E-state index contributed by atoms with van der Waals surface area (Å²) in [5.41, 5.74) is 2.46. The van der Waals surface area contributed by atoms with Crippen LogP contribution in [0.25, 0.3) is 17.3 Å². The maximum absolute atomic E-state index is 13.5. The van der Waals surface area contributed by atoms with E-state index in [4.69, 9.17) is 46.4 Å². The number of halogens is 4. The molecule has 1 aromatic heterocycles. The first-order valence-electron chi connectivity index (χ1n) is 13.9. The van der Waals surface area contributed by atoms with Crippen molar-refractivity contribution in [3.8, 4) is 11.3 Å². The minimum absolute atomic E-state index is 0.0673. The number of carbonyl (C=O) groups excluding carboxylic acids is 3. The number of thioether (sulfide) groups is 1. The second-order valence-electron chi connectivity index (χ2n) is 9.91. The molecule has 5 aromatic rings. The number of nitrogens with zero attached hydrogens (tertiary/aromatic N) is 1. The third kappa shape index (κ3) is 9.16. The van der Waals surface area contributed by atoms with Crippen molar-refractivity contribution in [2.45, 2.75) is 17.1 Å². The van der Waals surface area contributed by atoms with E-state index in [2.05, 4.69) is 20.9 Å². The number of amides is 3. The van der Waals surface area contributed by atoms with Crippen molar-refractivity contribution < 1.29 is 14.4 Å². The van der Waals surface area contributed by atoms with Gasteiger partial charge in [0.15, 0.2) is 5.13 Å². The molecule has 0 radical (unpaired) electrons. The molecule has 0 aliphatic carbocycles. The van der Waals surface area contributed by atoms with Crippen molar-refractivity contribution in [3.63, 3.8) is 0 Å². The Morgan fingerprint density at radius 3 is 2.28 bits per heavy atom. The van der Waals surface area contributed by atoms with Gasteiger partial charge in [-0.3, -0.25) is 14.4 Å². The average molecular weight is 743 g/mol. The van der Waals surface area contributed by atoms with Crippen LogP contribution in [0.4, 0.5) is 10.8 Å². The summed E-state index contributed by atoms with van der Waals surface area (Å²) in [5, 5.41) is 11.7. The highest BCUT2D eigenvalue weighted by Crippen LogP contribution is 2.33. The molecular weight excluding hydrogens is 718 g/mol. The van der Waals surface area contributed by atoms with Gasteiger partial charge in [0, 0.05) is 47.7 Å². The zero-order valence-electron chi connectivity index (χ0n) is 24.4. The van der Waals surface area contributed by atoms with Crippen molar-refractivity contribution in [3.05, 3.63) is 133 Å². The molecule has 0 saturated heterocycles. The summed E-state index contributed by atoms with van der Waals surface area (Å²) in [6.07, 6.45) is 1.43. The molecule has 0 aliphatic heterocycles. The lowest BCUT2D eigenvalue weighted by atomic mass is 10.1. The van der Waals surface area contributed by atoms with Gasteiger partial charge in [0.1, 0.15) is 5.70 Å². The van der Waals surface area contributed by atoms with E-state index in [0.717, 1.165) is 4.90 Å². The van der Waals surface area contributed by atoms with Crippen molar-refractivity contribution in [2.24, 2.45) is 0 Å². The summed E-state index contributed by atoms with van der Waals surface area (Å²) in [6.45, 7) is 1.77. The van der Waals surface area contributed by atoms with E-state index in [9.17, 15) is 14.4 Å². The SMILES string of the molecule is CC(Sc1cccc(NC(=O)/C(=C\c2c(Cl)cccc2Cl)NC(=O)c2ccccc2)c1)C(=O)Nc1nc(-c2ccc(Cl)cc2Cl)cs1. The van der Waals surface area contributed by atoms with E-state index >= 15 is 0 Å². The molecule has 1 unspecified atom stereocenters. The van der Waals surface area contributed by atoms with Crippen molar-refractivity contribution in [1.82, 2.24) is 10.3 Å². The Bertz CT molecular complexity index is 1970. The van der Waals surface area contributed by atoms with Gasteiger partial charge in [-0.1, -0.05) is 76.7 Å². The fourth-order valence-electron chi connectivity index (χ4n) is 4.20. The molecule has 13 heteroatoms. The van der Waals surface area contributed by atoms with Gasteiger partial charge in [-0.05, 0) is 73.7 Å². The van der Waals surface area contributed by atoms with Crippen LogP contribution in [0.15, 0.2) is 107 Å². The lowest BCUT2D eigenvalue weighted by Crippen LogP contribution is -2.30. The van der Waals surface area contributed by atoms with Gasteiger partial charge in [0.2, 0.25) is 5.91 Å². The van der Waals surface area contributed by atoms with Crippen LogP contribution in [0.1, 0.15) is 22.8 Å². The zero-order chi connectivity index (χ0) is 33.5. The third-order valence-electron chi connectivity index (χ3n) is 6.53. The Labute approximate surface area is 299 Å². The second kappa shape index (κ2) is 15.8. The summed E-state index contributed by atoms with van der Waals surface area (Å²) in [5.74, 6) is -1.33. The van der Waals surface area contributed by atoms with Gasteiger partial charge in [-0.15, -0.1) is 23.1 Å². The molecule has 0 spiro atoms. The quantitative estimate of drug-likeness (QED) is 0.0978. The Morgan fingerprint density at radius 1 is 0.830 bits per heavy atom. The second-order valence-corrected chi connectivity index (χ2v) is 13.8. The smallest absolute Gasteiger partial charge is 0.272 e. The Balaban J connectivity index is 1.28. The molecular formula is C34H24Cl4N4O3S2. The molecule has 1 atom stereocenters. The lowest BCUT2D eigenvalue weighted by Gasteiger charge is -2.14. The summed E-state index contributed by atoms with van der Waals surface area (Å²) >= 11 is 27.6. The number of carbonyl (C=O) groups is 3. The lowest BCUT2D eigenvalue weighted by molar-refractivity contribution is -0.115. The third-order valence-corrected chi connectivity index (χ3v) is 9.59. The highest BCUT2D eigenvalue weighted by atomic mass is 35.5. The van der Waals surface area contributed by atoms with E-state index in [1.54, 1.807) is 97.2 Å². The van der Waals surface area contributed by atoms with Gasteiger partial charge in [0.05, 0.1) is 16.0 Å². The highest BCUT2D eigenvalue weighted by molar-refractivity contribution is 8.00. The van der Waals surface area contributed by atoms with Crippen LogP contribution in [0.2, 0.25) is 20.1 Å². The Morgan fingerprint density at radius 2 is 1.55 bits per heavy atom. The van der Waals surface area contributed by atoms with E-state index in [1.807, 2.05) is 6.07 Å². The molecule has 3 amide bonds. The number of benzene rings is 4. The fourth-order valence-corrected chi connectivity index (χ4v) is 6.85. The first-order chi connectivity index (χ1) is 22.6.